The molecule has 0 bridgehead atoms. The van der Waals surface area contributed by atoms with E-state index < -0.39 is 25.8 Å². The van der Waals surface area contributed by atoms with Gasteiger partial charge in [0.15, 0.2) is 0 Å². The van der Waals surface area contributed by atoms with Crippen LogP contribution in [0.4, 0.5) is 0 Å². The summed E-state index contributed by atoms with van der Waals surface area (Å²) in [6.07, 6.45) is 5.05. The van der Waals surface area contributed by atoms with Gasteiger partial charge in [0.05, 0.1) is 0 Å². The Bertz CT molecular complexity index is 1450. The predicted molar refractivity (Wildman–Crippen MR) is 168 cm³/mol. The molecule has 0 aromatic heterocycles. The van der Waals surface area contributed by atoms with Gasteiger partial charge in [0.1, 0.15) is 0 Å². The van der Waals surface area contributed by atoms with Gasteiger partial charge < -0.3 is 0 Å². The zero-order valence-corrected chi connectivity index (χ0v) is 27.5. The molecule has 0 saturated heterocycles. The van der Waals surface area contributed by atoms with Crippen molar-refractivity contribution >= 4 is 52.8 Å². The Labute approximate surface area is 247 Å². The van der Waals surface area contributed by atoms with Gasteiger partial charge >= 0.3 is 225 Å². The Hall–Kier alpha value is -1.96. The van der Waals surface area contributed by atoms with Crippen LogP contribution in [-0.2, 0) is 20.4 Å². The monoisotopic (exact) mass is 630 g/mol. The Morgan fingerprint density at radius 2 is 0.895 bits per heavy atom. The van der Waals surface area contributed by atoms with E-state index in [2.05, 4.69) is 137 Å². The van der Waals surface area contributed by atoms with Crippen LogP contribution in [0.2, 0.25) is 0 Å². The molecule has 6 rings (SSSR count). The summed E-state index contributed by atoms with van der Waals surface area (Å²) >= 11 is -2.42. The molecule has 0 saturated carbocycles. The molecule has 0 spiro atoms. The first-order valence-electron chi connectivity index (χ1n) is 12.9. The van der Waals surface area contributed by atoms with E-state index in [1.807, 2.05) is 0 Å². The van der Waals surface area contributed by atoms with Crippen molar-refractivity contribution in [3.05, 3.63) is 142 Å². The number of rotatable bonds is 4. The van der Waals surface area contributed by atoms with Crippen molar-refractivity contribution in [2.75, 3.05) is 0 Å². The van der Waals surface area contributed by atoms with Gasteiger partial charge in [-0.25, -0.2) is 0 Å². The maximum Gasteiger partial charge on any atom is -0.147 e. The molecule has 0 nitrogen and oxygen atoms in total. The third-order valence-corrected chi connectivity index (χ3v) is 29.2. The number of hydrogen-bond donors (Lipinski definition) is 0. The molecule has 38 heavy (non-hydrogen) atoms. The van der Waals surface area contributed by atoms with Gasteiger partial charge in [-0.3, -0.25) is 0 Å². The molecule has 4 heteroatoms. The fraction of sp³-hybridized carbons (Fsp3) is 0.176. The average Bonchev–Trinajstić information content (AvgIpc) is 3.41. The van der Waals surface area contributed by atoms with Crippen molar-refractivity contribution < 1.29 is 20.4 Å². The van der Waals surface area contributed by atoms with Gasteiger partial charge in [-0.2, -0.15) is 0 Å². The van der Waals surface area contributed by atoms with E-state index in [0.717, 1.165) is 0 Å². The van der Waals surface area contributed by atoms with Crippen molar-refractivity contribution in [1.29, 1.82) is 0 Å². The van der Waals surface area contributed by atoms with Gasteiger partial charge in [-0.05, 0) is 0 Å². The van der Waals surface area contributed by atoms with Crippen molar-refractivity contribution in [1.82, 2.24) is 0 Å². The molecular formula is C34H34Cl2SiZr. The van der Waals surface area contributed by atoms with Gasteiger partial charge in [-0.15, -0.1) is 24.8 Å². The van der Waals surface area contributed by atoms with E-state index in [1.165, 1.54) is 22.3 Å². The largest absolute Gasteiger partial charge is 0.147 e. The molecule has 4 aromatic carbocycles. The maximum atomic E-state index is 2.52. The summed E-state index contributed by atoms with van der Waals surface area (Å²) in [5.74, 6) is 0. The number of halogens is 2. The molecule has 0 heterocycles. The first-order valence-corrected chi connectivity index (χ1v) is 21.0. The Morgan fingerprint density at radius 1 is 0.500 bits per heavy atom. The number of fused-ring (bicyclic) bond motifs is 2. The number of aryl methyl sites for hydroxylation is 2. The zero-order chi connectivity index (χ0) is 24.8. The summed E-state index contributed by atoms with van der Waals surface area (Å²) in [5.41, 5.74) is 11.2. The zero-order valence-electron chi connectivity index (χ0n) is 22.4. The summed E-state index contributed by atoms with van der Waals surface area (Å²) in [4.78, 5) is 0. The van der Waals surface area contributed by atoms with E-state index in [-0.39, 0.29) is 24.8 Å². The van der Waals surface area contributed by atoms with Crippen LogP contribution in [0.15, 0.2) is 108 Å². The van der Waals surface area contributed by atoms with Crippen molar-refractivity contribution in [2.24, 2.45) is 0 Å². The second-order valence-corrected chi connectivity index (χ2v) is 24.4. The van der Waals surface area contributed by atoms with Crippen LogP contribution in [0.25, 0.3) is 12.2 Å². The van der Waals surface area contributed by atoms with Crippen LogP contribution in [-0.4, -0.2) is 5.43 Å². The normalized spacial score (nSPS) is 16.8. The summed E-state index contributed by atoms with van der Waals surface area (Å²) < 4.78 is 1.19. The molecule has 4 aromatic rings. The molecule has 0 amide bonds. The van der Waals surface area contributed by atoms with Gasteiger partial charge in [0, 0.05) is 0 Å². The van der Waals surface area contributed by atoms with E-state index in [1.54, 1.807) is 32.6 Å². The topological polar surface area (TPSA) is 0 Å². The molecule has 2 aliphatic carbocycles. The Kier molecular flexibility index (Phi) is 9.21. The van der Waals surface area contributed by atoms with Crippen LogP contribution < -0.4 is 10.4 Å². The van der Waals surface area contributed by atoms with Crippen LogP contribution in [0, 0.1) is 13.8 Å². The van der Waals surface area contributed by atoms with Gasteiger partial charge in [0.25, 0.3) is 0 Å². The van der Waals surface area contributed by atoms with E-state index >= 15 is 0 Å². The minimum Gasteiger partial charge on any atom is -0.147 e. The molecule has 2 unspecified atom stereocenters. The quantitative estimate of drug-likeness (QED) is 0.199. The smallest absolute Gasteiger partial charge is 0.147 e. The summed E-state index contributed by atoms with van der Waals surface area (Å²) in [7, 11) is 0. The van der Waals surface area contributed by atoms with Gasteiger partial charge in [0.2, 0.25) is 0 Å². The number of hydrogen-bond acceptors (Lipinski definition) is 0. The van der Waals surface area contributed by atoms with E-state index in [0.29, 0.717) is 7.25 Å². The minimum absolute atomic E-state index is 0. The molecule has 2 aliphatic rings. The third kappa shape index (κ3) is 5.02. The van der Waals surface area contributed by atoms with Gasteiger partial charge in [-0.1, -0.05) is 0 Å². The molecular weight excluding hydrogens is 599 g/mol. The first kappa shape index (κ1) is 29.0. The summed E-state index contributed by atoms with van der Waals surface area (Å²) in [5, 5.41) is 3.18. The molecule has 0 radical (unpaired) electrons. The number of allylic oxidation sites excluding steroid dienone is 2. The van der Waals surface area contributed by atoms with Crippen LogP contribution >= 0.6 is 24.8 Å². The summed E-state index contributed by atoms with van der Waals surface area (Å²) in [6, 6.07) is 37.1. The summed E-state index contributed by atoms with van der Waals surface area (Å²) in [6.45, 7) is 9.41. The Morgan fingerprint density at radius 3 is 1.29 bits per heavy atom. The van der Waals surface area contributed by atoms with Crippen LogP contribution in [0.3, 0.4) is 0 Å². The number of benzene rings is 4. The third-order valence-electron chi connectivity index (χ3n) is 8.03. The van der Waals surface area contributed by atoms with Crippen molar-refractivity contribution in [2.45, 2.75) is 34.9 Å². The second-order valence-electron chi connectivity index (χ2n) is 10.4. The fourth-order valence-electron chi connectivity index (χ4n) is 6.41. The molecule has 0 fully saturated rings. The van der Waals surface area contributed by atoms with Crippen LogP contribution in [0.5, 0.6) is 0 Å². The molecule has 0 N–H and O–H groups in total. The predicted octanol–water partition coefficient (Wildman–Crippen LogP) is 8.19. The molecule has 2 atom stereocenters. The molecule has 192 valence electrons. The maximum absolute atomic E-state index is 2.52. The standard InChI is InChI=1S/C12H10Si.2C11H11.2ClH.Zr/c1-3-7-11(8-4-1)13-12-9-5-2-6-10-12;2*1-8-6-10-5-3-4-9(2)11(10)7-8;;;/h1-10H;2*3-7H,1-2H3;2*1H;. The van der Waals surface area contributed by atoms with Crippen molar-refractivity contribution in [3.63, 3.8) is 0 Å². The molecule has 0 aliphatic heterocycles. The van der Waals surface area contributed by atoms with E-state index in [4.69, 9.17) is 0 Å². The van der Waals surface area contributed by atoms with E-state index in [9.17, 15) is 0 Å². The van der Waals surface area contributed by atoms with Crippen molar-refractivity contribution in [3.8, 4) is 0 Å². The minimum atomic E-state index is -2.42. The van der Waals surface area contributed by atoms with Crippen LogP contribution in [0.1, 0.15) is 54.5 Å². The SMILES string of the molecule is CC1=Cc2c(C)cccc2[CH]1[Zr]([CH]1C(C)=Cc2c(C)cccc21)=[Si](c1ccccc1)c1ccccc1.Cl.Cl. The first-order chi connectivity index (χ1) is 17.5. The Balaban J connectivity index is 0.00000168. The average molecular weight is 633 g/mol. The second kappa shape index (κ2) is 12.1. The fourth-order valence-corrected chi connectivity index (χ4v) is 31.7.